The Labute approximate surface area is 113 Å². The largest absolute Gasteiger partial charge is 0.378 e. The zero-order valence-corrected chi connectivity index (χ0v) is 11.3. The minimum absolute atomic E-state index is 0.152. The summed E-state index contributed by atoms with van der Waals surface area (Å²) in [5.41, 5.74) is 1.98. The fourth-order valence-electron chi connectivity index (χ4n) is 1.99. The third kappa shape index (κ3) is 4.13. The van der Waals surface area contributed by atoms with Gasteiger partial charge in [0.25, 0.3) is 0 Å². The second kappa shape index (κ2) is 6.99. The molecule has 1 fully saturated rings. The van der Waals surface area contributed by atoms with Crippen LogP contribution in [0.15, 0.2) is 24.3 Å². The third-order valence-electron chi connectivity index (χ3n) is 3.04. The second-order valence-corrected chi connectivity index (χ2v) is 4.53. The van der Waals surface area contributed by atoms with E-state index in [-0.39, 0.29) is 6.03 Å². The quantitative estimate of drug-likeness (QED) is 0.874. The van der Waals surface area contributed by atoms with E-state index in [0.717, 1.165) is 38.4 Å². The Morgan fingerprint density at radius 2 is 1.95 bits per heavy atom. The highest BCUT2D eigenvalue weighted by Gasteiger charge is 2.10. The number of nitrogens with zero attached hydrogens (tertiary/aromatic N) is 1. The highest BCUT2D eigenvalue weighted by Crippen LogP contribution is 2.18. The van der Waals surface area contributed by atoms with Crippen molar-refractivity contribution >= 4 is 17.4 Å². The Morgan fingerprint density at radius 1 is 1.26 bits per heavy atom. The number of carbonyl (C=O) groups excluding carboxylic acids is 1. The van der Waals surface area contributed by atoms with Crippen LogP contribution in [0.3, 0.4) is 0 Å². The number of amides is 2. The van der Waals surface area contributed by atoms with Gasteiger partial charge in [0.05, 0.1) is 13.2 Å². The summed E-state index contributed by atoms with van der Waals surface area (Å²) in [5, 5.41) is 5.60. The summed E-state index contributed by atoms with van der Waals surface area (Å²) in [6, 6.07) is 7.76. The first kappa shape index (κ1) is 13.7. The average Bonchev–Trinajstić information content (AvgIpc) is 2.47. The monoisotopic (exact) mass is 263 g/mol. The van der Waals surface area contributed by atoms with Crippen molar-refractivity contribution in [2.75, 3.05) is 43.1 Å². The van der Waals surface area contributed by atoms with Crippen LogP contribution in [-0.4, -0.2) is 38.9 Å². The lowest BCUT2D eigenvalue weighted by atomic mass is 10.2. The first-order chi connectivity index (χ1) is 9.29. The third-order valence-corrected chi connectivity index (χ3v) is 3.04. The molecule has 1 aromatic rings. The van der Waals surface area contributed by atoms with Crippen molar-refractivity contribution in [1.82, 2.24) is 5.32 Å². The van der Waals surface area contributed by atoms with Crippen molar-refractivity contribution < 1.29 is 9.53 Å². The number of ether oxygens (including phenoxy) is 1. The minimum Gasteiger partial charge on any atom is -0.378 e. The number of morpholine rings is 1. The van der Waals surface area contributed by atoms with E-state index in [1.807, 2.05) is 31.2 Å². The van der Waals surface area contributed by atoms with Gasteiger partial charge in [-0.25, -0.2) is 4.79 Å². The zero-order valence-electron chi connectivity index (χ0n) is 11.3. The van der Waals surface area contributed by atoms with Crippen molar-refractivity contribution in [3.63, 3.8) is 0 Å². The molecule has 0 spiro atoms. The summed E-state index contributed by atoms with van der Waals surface area (Å²) in [6.45, 7) is 6.11. The predicted octanol–water partition coefficient (Wildman–Crippen LogP) is 2.05. The van der Waals surface area contributed by atoms with E-state index in [1.165, 1.54) is 5.69 Å². The van der Waals surface area contributed by atoms with E-state index in [4.69, 9.17) is 4.74 Å². The van der Waals surface area contributed by atoms with Gasteiger partial charge in [0.15, 0.2) is 0 Å². The molecule has 1 aromatic carbocycles. The standard InChI is InChI=1S/C14H21N3O2/c1-2-7-15-14(18)16-12-3-5-13(6-4-12)17-8-10-19-11-9-17/h3-6H,2,7-11H2,1H3,(H2,15,16,18). The van der Waals surface area contributed by atoms with Gasteiger partial charge in [-0.3, -0.25) is 0 Å². The van der Waals surface area contributed by atoms with Crippen LogP contribution < -0.4 is 15.5 Å². The van der Waals surface area contributed by atoms with Crippen LogP contribution >= 0.6 is 0 Å². The second-order valence-electron chi connectivity index (χ2n) is 4.53. The van der Waals surface area contributed by atoms with E-state index >= 15 is 0 Å². The van der Waals surface area contributed by atoms with Crippen molar-refractivity contribution in [2.24, 2.45) is 0 Å². The maximum absolute atomic E-state index is 11.5. The van der Waals surface area contributed by atoms with Crippen LogP contribution in [0.5, 0.6) is 0 Å². The van der Waals surface area contributed by atoms with Crippen LogP contribution in [0, 0.1) is 0 Å². The van der Waals surface area contributed by atoms with Gasteiger partial charge in [-0.2, -0.15) is 0 Å². The molecule has 1 aliphatic rings. The van der Waals surface area contributed by atoms with Gasteiger partial charge < -0.3 is 20.3 Å². The number of hydrogen-bond acceptors (Lipinski definition) is 3. The smallest absolute Gasteiger partial charge is 0.319 e. The first-order valence-electron chi connectivity index (χ1n) is 6.77. The van der Waals surface area contributed by atoms with Crippen LogP contribution in [-0.2, 0) is 4.74 Å². The van der Waals surface area contributed by atoms with Crippen molar-refractivity contribution in [3.05, 3.63) is 24.3 Å². The lowest BCUT2D eigenvalue weighted by Crippen LogP contribution is -2.36. The van der Waals surface area contributed by atoms with Crippen molar-refractivity contribution in [3.8, 4) is 0 Å². The van der Waals surface area contributed by atoms with Gasteiger partial charge in [0.2, 0.25) is 0 Å². The summed E-state index contributed by atoms with van der Waals surface area (Å²) < 4.78 is 5.33. The number of urea groups is 1. The van der Waals surface area contributed by atoms with Gasteiger partial charge in [-0.1, -0.05) is 6.92 Å². The molecule has 0 saturated carbocycles. The Balaban J connectivity index is 1.88. The number of benzene rings is 1. The molecule has 2 rings (SSSR count). The summed E-state index contributed by atoms with van der Waals surface area (Å²) in [4.78, 5) is 13.8. The van der Waals surface area contributed by atoms with Gasteiger partial charge in [-0.05, 0) is 30.7 Å². The number of nitrogens with one attached hydrogen (secondary N) is 2. The summed E-state index contributed by atoms with van der Waals surface area (Å²) in [5.74, 6) is 0. The Hall–Kier alpha value is -1.75. The zero-order chi connectivity index (χ0) is 13.5. The fraction of sp³-hybridized carbons (Fsp3) is 0.500. The molecule has 0 unspecified atom stereocenters. The molecule has 2 amide bonds. The molecule has 0 radical (unpaired) electrons. The molecule has 0 aliphatic carbocycles. The molecule has 1 saturated heterocycles. The number of hydrogen-bond donors (Lipinski definition) is 2. The molecule has 1 aliphatic heterocycles. The highest BCUT2D eigenvalue weighted by molar-refractivity contribution is 5.89. The number of anilines is 2. The van der Waals surface area contributed by atoms with Gasteiger partial charge >= 0.3 is 6.03 Å². The van der Waals surface area contributed by atoms with Crippen LogP contribution in [0.25, 0.3) is 0 Å². The van der Waals surface area contributed by atoms with Gasteiger partial charge in [0.1, 0.15) is 0 Å². The molecule has 1 heterocycles. The van der Waals surface area contributed by atoms with Gasteiger partial charge in [0, 0.05) is 31.0 Å². The van der Waals surface area contributed by atoms with Crippen LogP contribution in [0.2, 0.25) is 0 Å². The molecule has 2 N–H and O–H groups in total. The molecular weight excluding hydrogens is 242 g/mol. The van der Waals surface area contributed by atoms with E-state index < -0.39 is 0 Å². The van der Waals surface area contributed by atoms with Crippen molar-refractivity contribution in [1.29, 1.82) is 0 Å². The molecule has 0 atom stereocenters. The average molecular weight is 263 g/mol. The number of rotatable bonds is 4. The van der Waals surface area contributed by atoms with E-state index in [2.05, 4.69) is 15.5 Å². The molecule has 0 bridgehead atoms. The van der Waals surface area contributed by atoms with Gasteiger partial charge in [-0.15, -0.1) is 0 Å². The van der Waals surface area contributed by atoms with Crippen molar-refractivity contribution in [2.45, 2.75) is 13.3 Å². The predicted molar refractivity (Wildman–Crippen MR) is 76.8 cm³/mol. The highest BCUT2D eigenvalue weighted by atomic mass is 16.5. The fourth-order valence-corrected chi connectivity index (χ4v) is 1.99. The summed E-state index contributed by atoms with van der Waals surface area (Å²) in [6.07, 6.45) is 0.934. The van der Waals surface area contributed by atoms with E-state index in [1.54, 1.807) is 0 Å². The topological polar surface area (TPSA) is 53.6 Å². The van der Waals surface area contributed by atoms with E-state index in [0.29, 0.717) is 6.54 Å². The lowest BCUT2D eigenvalue weighted by molar-refractivity contribution is 0.122. The Kier molecular flexibility index (Phi) is 5.03. The summed E-state index contributed by atoms with van der Waals surface area (Å²) in [7, 11) is 0. The lowest BCUT2D eigenvalue weighted by Gasteiger charge is -2.28. The molecule has 5 nitrogen and oxygen atoms in total. The minimum atomic E-state index is -0.152. The molecule has 104 valence electrons. The molecular formula is C14H21N3O2. The Bertz CT molecular complexity index is 400. The van der Waals surface area contributed by atoms with Crippen LogP contribution in [0.4, 0.5) is 16.2 Å². The molecule has 19 heavy (non-hydrogen) atoms. The maximum Gasteiger partial charge on any atom is 0.319 e. The van der Waals surface area contributed by atoms with Crippen LogP contribution in [0.1, 0.15) is 13.3 Å². The van der Waals surface area contributed by atoms with E-state index in [9.17, 15) is 4.79 Å². The number of carbonyl (C=O) groups is 1. The first-order valence-corrected chi connectivity index (χ1v) is 6.77. The summed E-state index contributed by atoms with van der Waals surface area (Å²) >= 11 is 0. The molecule has 5 heteroatoms. The molecule has 0 aromatic heterocycles. The SMILES string of the molecule is CCCNC(=O)Nc1ccc(N2CCOCC2)cc1. The normalized spacial score (nSPS) is 15.1. The Morgan fingerprint density at radius 3 is 2.58 bits per heavy atom. The maximum atomic E-state index is 11.5.